The van der Waals surface area contributed by atoms with Crippen molar-refractivity contribution in [1.82, 2.24) is 5.32 Å². The Hall–Kier alpha value is -2.39. The van der Waals surface area contributed by atoms with Crippen LogP contribution in [0.5, 0.6) is 0 Å². The number of benzene rings is 2. The molecule has 0 bridgehead atoms. The Labute approximate surface area is 131 Å². The lowest BCUT2D eigenvalue weighted by molar-refractivity contribution is 0.118. The summed E-state index contributed by atoms with van der Waals surface area (Å²) in [5.74, 6) is 0. The van der Waals surface area contributed by atoms with Gasteiger partial charge < -0.3 is 10.4 Å². The topological polar surface area (TPSA) is 44.6 Å². The zero-order chi connectivity index (χ0) is 15.6. The lowest BCUT2D eigenvalue weighted by Gasteiger charge is -2.33. The number of rotatable bonds is 3. The van der Waals surface area contributed by atoms with Gasteiger partial charge in [0.1, 0.15) is 5.60 Å². The van der Waals surface area contributed by atoms with Gasteiger partial charge in [0.15, 0.2) is 0 Å². The maximum Gasteiger partial charge on any atom is 0.140 e. The van der Waals surface area contributed by atoms with E-state index in [2.05, 4.69) is 10.3 Å². The minimum absolute atomic E-state index is 0.478. The quantitative estimate of drug-likeness (QED) is 0.913. The van der Waals surface area contributed by atoms with E-state index in [-0.39, 0.29) is 0 Å². The van der Waals surface area contributed by atoms with Crippen molar-refractivity contribution < 1.29 is 5.11 Å². The first kappa shape index (κ1) is 14.5. The summed E-state index contributed by atoms with van der Waals surface area (Å²) in [7, 11) is 0. The maximum atomic E-state index is 11.7. The largest absolute Gasteiger partial charge is 0.376 e. The van der Waals surface area contributed by atoms with E-state index in [4.69, 9.17) is 0 Å². The van der Waals surface area contributed by atoms with Crippen molar-refractivity contribution in [2.75, 3.05) is 6.54 Å². The normalized spacial score (nSPS) is 16.6. The fraction of sp³-hybridized carbons (Fsp3) is 0.211. The fourth-order valence-corrected chi connectivity index (χ4v) is 2.89. The van der Waals surface area contributed by atoms with Crippen LogP contribution in [-0.4, -0.2) is 18.0 Å². The van der Waals surface area contributed by atoms with Crippen molar-refractivity contribution in [3.63, 3.8) is 0 Å². The summed E-state index contributed by atoms with van der Waals surface area (Å²) in [6.07, 6.45) is 3.50. The van der Waals surface area contributed by atoms with Crippen molar-refractivity contribution in [1.29, 1.82) is 0 Å². The van der Waals surface area contributed by atoms with Crippen molar-refractivity contribution in [2.45, 2.75) is 19.4 Å². The lowest BCUT2D eigenvalue weighted by Crippen LogP contribution is -2.34. The van der Waals surface area contributed by atoms with Gasteiger partial charge in [-0.2, -0.15) is 0 Å². The summed E-state index contributed by atoms with van der Waals surface area (Å²) in [6, 6.07) is 16.0. The van der Waals surface area contributed by atoms with Gasteiger partial charge >= 0.3 is 0 Å². The van der Waals surface area contributed by atoms with Crippen LogP contribution in [0.25, 0.3) is 0 Å². The van der Waals surface area contributed by atoms with Gasteiger partial charge in [0.25, 0.3) is 0 Å². The molecule has 0 aromatic heterocycles. The van der Waals surface area contributed by atoms with Gasteiger partial charge in [-0.1, -0.05) is 54.1 Å². The summed E-state index contributed by atoms with van der Waals surface area (Å²) in [4.78, 5) is 4.26. The highest BCUT2D eigenvalue weighted by Crippen LogP contribution is 2.38. The molecule has 3 nitrogen and oxygen atoms in total. The Morgan fingerprint density at radius 3 is 2.41 bits per heavy atom. The first-order valence-corrected chi connectivity index (χ1v) is 7.42. The highest BCUT2D eigenvalue weighted by atomic mass is 16.3. The Morgan fingerprint density at radius 1 is 1.05 bits per heavy atom. The van der Waals surface area contributed by atoms with E-state index in [1.807, 2.05) is 68.6 Å². The molecule has 2 aromatic rings. The molecule has 1 aliphatic rings. The van der Waals surface area contributed by atoms with Crippen LogP contribution >= 0.6 is 0 Å². The van der Waals surface area contributed by atoms with E-state index in [9.17, 15) is 5.11 Å². The summed E-state index contributed by atoms with van der Waals surface area (Å²) in [6.45, 7) is 4.54. The van der Waals surface area contributed by atoms with Crippen LogP contribution in [0.1, 0.15) is 22.3 Å². The monoisotopic (exact) mass is 292 g/mol. The van der Waals surface area contributed by atoms with E-state index >= 15 is 0 Å². The number of aliphatic hydroxyl groups is 1. The van der Waals surface area contributed by atoms with Crippen LogP contribution in [-0.2, 0) is 5.60 Å². The smallest absolute Gasteiger partial charge is 0.140 e. The molecule has 22 heavy (non-hydrogen) atoms. The average Bonchev–Trinajstić information content (AvgIpc) is 2.56. The standard InChI is InChI=1S/C19H20N2O/c1-14-7-9-16(10-8-14)19(22,17-11-20-13-21-12-17)18-6-4-3-5-15(18)2/h3-11,13,22H,12H2,1-2H3,(H,20,21). The molecule has 1 heterocycles. The minimum atomic E-state index is -1.18. The van der Waals surface area contributed by atoms with Crippen LogP contribution in [0.15, 0.2) is 65.3 Å². The van der Waals surface area contributed by atoms with E-state index in [1.54, 1.807) is 6.34 Å². The number of hydrogen-bond acceptors (Lipinski definition) is 3. The molecule has 0 saturated heterocycles. The minimum Gasteiger partial charge on any atom is -0.376 e. The molecule has 0 aliphatic carbocycles. The van der Waals surface area contributed by atoms with E-state index in [0.717, 1.165) is 22.3 Å². The molecular formula is C19H20N2O. The zero-order valence-electron chi connectivity index (χ0n) is 12.9. The molecule has 0 radical (unpaired) electrons. The zero-order valence-corrected chi connectivity index (χ0v) is 12.9. The van der Waals surface area contributed by atoms with Crippen molar-refractivity contribution in [3.8, 4) is 0 Å². The fourth-order valence-electron chi connectivity index (χ4n) is 2.89. The predicted octanol–water partition coefficient (Wildman–Crippen LogP) is 3.05. The Kier molecular flexibility index (Phi) is 3.82. The SMILES string of the molecule is Cc1ccc(C(O)(C2=CNC=NC2)c2ccccc2C)cc1. The lowest BCUT2D eigenvalue weighted by atomic mass is 9.78. The number of hydrogen-bond donors (Lipinski definition) is 2. The third-order valence-electron chi connectivity index (χ3n) is 4.15. The van der Waals surface area contributed by atoms with E-state index < -0.39 is 5.60 Å². The Balaban J connectivity index is 2.20. The van der Waals surface area contributed by atoms with E-state index in [0.29, 0.717) is 6.54 Å². The molecule has 2 N–H and O–H groups in total. The summed E-state index contributed by atoms with van der Waals surface area (Å²) in [5.41, 5.74) is 3.64. The van der Waals surface area contributed by atoms with Crippen LogP contribution in [0.3, 0.4) is 0 Å². The first-order chi connectivity index (χ1) is 10.6. The maximum absolute atomic E-state index is 11.7. The van der Waals surface area contributed by atoms with Gasteiger partial charge in [0, 0.05) is 11.8 Å². The molecule has 1 atom stereocenters. The molecule has 0 spiro atoms. The summed E-state index contributed by atoms with van der Waals surface area (Å²) < 4.78 is 0. The average molecular weight is 292 g/mol. The van der Waals surface area contributed by atoms with Crippen LogP contribution < -0.4 is 5.32 Å². The van der Waals surface area contributed by atoms with Crippen LogP contribution in [0.4, 0.5) is 0 Å². The molecule has 0 amide bonds. The van der Waals surface area contributed by atoms with Crippen molar-refractivity contribution >= 4 is 6.34 Å². The molecule has 1 aliphatic heterocycles. The Morgan fingerprint density at radius 2 is 1.77 bits per heavy atom. The second kappa shape index (κ2) is 5.78. The predicted molar refractivity (Wildman–Crippen MR) is 89.9 cm³/mol. The molecule has 0 saturated carbocycles. The van der Waals surface area contributed by atoms with Gasteiger partial charge in [-0.25, -0.2) is 0 Å². The Bertz CT molecular complexity index is 731. The number of nitrogens with zero attached hydrogens (tertiary/aromatic N) is 1. The van der Waals surface area contributed by atoms with Crippen LogP contribution in [0, 0.1) is 13.8 Å². The summed E-state index contributed by atoms with van der Waals surface area (Å²) >= 11 is 0. The highest BCUT2D eigenvalue weighted by Gasteiger charge is 2.37. The van der Waals surface area contributed by atoms with Crippen molar-refractivity contribution in [2.24, 2.45) is 4.99 Å². The molecule has 2 aromatic carbocycles. The van der Waals surface area contributed by atoms with Gasteiger partial charge in [-0.3, -0.25) is 4.99 Å². The molecule has 3 heteroatoms. The number of aryl methyl sites for hydroxylation is 2. The van der Waals surface area contributed by atoms with E-state index in [1.165, 1.54) is 5.56 Å². The third-order valence-corrected chi connectivity index (χ3v) is 4.15. The molecule has 3 rings (SSSR count). The molecule has 1 unspecified atom stereocenters. The highest BCUT2D eigenvalue weighted by molar-refractivity contribution is 5.60. The third kappa shape index (κ3) is 2.44. The van der Waals surface area contributed by atoms with Gasteiger partial charge in [-0.05, 0) is 30.5 Å². The second-order valence-electron chi connectivity index (χ2n) is 5.70. The summed E-state index contributed by atoms with van der Waals surface area (Å²) in [5, 5.41) is 14.7. The van der Waals surface area contributed by atoms with Gasteiger partial charge in [0.2, 0.25) is 0 Å². The second-order valence-corrected chi connectivity index (χ2v) is 5.70. The van der Waals surface area contributed by atoms with Crippen molar-refractivity contribution in [3.05, 3.63) is 82.6 Å². The van der Waals surface area contributed by atoms with Gasteiger partial charge in [0.05, 0.1) is 12.9 Å². The van der Waals surface area contributed by atoms with Gasteiger partial charge in [-0.15, -0.1) is 0 Å². The first-order valence-electron chi connectivity index (χ1n) is 7.42. The number of nitrogens with one attached hydrogen (secondary N) is 1. The number of aliphatic imine (C=N–C) groups is 1. The molecular weight excluding hydrogens is 272 g/mol. The molecule has 0 fully saturated rings. The molecule has 112 valence electrons. The van der Waals surface area contributed by atoms with Crippen LogP contribution in [0.2, 0.25) is 0 Å².